The van der Waals surface area contributed by atoms with Crippen LogP contribution < -0.4 is 15.5 Å². The monoisotopic (exact) mass is 525 g/mol. The number of urea groups is 1. The Bertz CT molecular complexity index is 1350. The van der Waals surface area contributed by atoms with Crippen LogP contribution in [0.4, 0.5) is 21.9 Å². The Labute approximate surface area is 231 Å². The third-order valence-corrected chi connectivity index (χ3v) is 6.42. The number of amides is 2. The molecule has 2 amide bonds. The lowest BCUT2D eigenvalue weighted by atomic mass is 9.97. The molecule has 4 rings (SSSR count). The number of hydrogen-bond acceptors (Lipinski definition) is 5. The number of hydrogen-bond donors (Lipinski definition) is 3. The van der Waals surface area contributed by atoms with Gasteiger partial charge in [-0.25, -0.2) is 4.79 Å². The minimum atomic E-state index is -0.286. The largest absolute Gasteiger partial charge is 0.369 e. The number of nitrogens with one attached hydrogen (secondary N) is 3. The highest BCUT2D eigenvalue weighted by Gasteiger charge is 2.19. The van der Waals surface area contributed by atoms with E-state index in [-0.39, 0.29) is 6.03 Å². The van der Waals surface area contributed by atoms with Crippen LogP contribution in [-0.4, -0.2) is 39.7 Å². The molecule has 3 aromatic carbocycles. The zero-order valence-electron chi connectivity index (χ0n) is 23.7. The van der Waals surface area contributed by atoms with Gasteiger partial charge < -0.3 is 15.5 Å². The van der Waals surface area contributed by atoms with Crippen LogP contribution in [0.3, 0.4) is 0 Å². The average Bonchev–Trinajstić information content (AvgIpc) is 3.43. The van der Waals surface area contributed by atoms with E-state index in [4.69, 9.17) is 0 Å². The molecular weight excluding hydrogens is 486 g/mol. The zero-order chi connectivity index (χ0) is 27.9. The summed E-state index contributed by atoms with van der Waals surface area (Å²) >= 11 is 0. The van der Waals surface area contributed by atoms with Gasteiger partial charge in [-0.2, -0.15) is 5.21 Å². The fraction of sp³-hybridized carbons (Fsp3) is 0.355. The highest BCUT2D eigenvalue weighted by Crippen LogP contribution is 2.36. The van der Waals surface area contributed by atoms with E-state index in [1.54, 1.807) is 0 Å². The molecule has 0 unspecified atom stereocenters. The Morgan fingerprint density at radius 1 is 0.846 bits per heavy atom. The van der Waals surface area contributed by atoms with Gasteiger partial charge in [0.25, 0.3) is 0 Å². The highest BCUT2D eigenvalue weighted by atomic mass is 16.2. The Morgan fingerprint density at radius 3 is 2.10 bits per heavy atom. The molecule has 0 aliphatic rings. The van der Waals surface area contributed by atoms with Crippen molar-refractivity contribution in [2.24, 2.45) is 11.8 Å². The number of H-pyrrole nitrogens is 1. The van der Waals surface area contributed by atoms with Crippen molar-refractivity contribution in [3.63, 3.8) is 0 Å². The maximum Gasteiger partial charge on any atom is 0.323 e. The summed E-state index contributed by atoms with van der Waals surface area (Å²) in [6.07, 6.45) is 0. The molecule has 0 bridgehead atoms. The van der Waals surface area contributed by atoms with Crippen molar-refractivity contribution in [1.29, 1.82) is 0 Å². The van der Waals surface area contributed by atoms with Crippen molar-refractivity contribution in [1.82, 2.24) is 20.6 Å². The molecule has 0 spiro atoms. The molecule has 4 aromatic rings. The fourth-order valence-corrected chi connectivity index (χ4v) is 4.67. The summed E-state index contributed by atoms with van der Waals surface area (Å²) in [5, 5.41) is 20.8. The van der Waals surface area contributed by atoms with Gasteiger partial charge in [0.05, 0.1) is 11.4 Å². The van der Waals surface area contributed by atoms with Crippen molar-refractivity contribution < 1.29 is 4.79 Å². The molecule has 39 heavy (non-hydrogen) atoms. The molecule has 0 radical (unpaired) electrons. The van der Waals surface area contributed by atoms with Gasteiger partial charge in [0.2, 0.25) is 5.82 Å². The summed E-state index contributed by atoms with van der Waals surface area (Å²) in [5.74, 6) is 1.88. The van der Waals surface area contributed by atoms with Gasteiger partial charge in [-0.3, -0.25) is 0 Å². The number of anilines is 3. The second-order valence-corrected chi connectivity index (χ2v) is 11.1. The van der Waals surface area contributed by atoms with E-state index < -0.39 is 0 Å². The topological polar surface area (TPSA) is 98.8 Å². The van der Waals surface area contributed by atoms with E-state index in [9.17, 15) is 4.79 Å². The summed E-state index contributed by atoms with van der Waals surface area (Å²) in [6, 6.07) is 21.9. The van der Waals surface area contributed by atoms with E-state index in [1.165, 1.54) is 5.56 Å². The van der Waals surface area contributed by atoms with Gasteiger partial charge in [0.15, 0.2) is 0 Å². The summed E-state index contributed by atoms with van der Waals surface area (Å²) in [7, 11) is 0. The van der Waals surface area contributed by atoms with E-state index in [0.29, 0.717) is 23.6 Å². The number of aromatic amines is 1. The van der Waals surface area contributed by atoms with Crippen LogP contribution in [0.5, 0.6) is 0 Å². The van der Waals surface area contributed by atoms with Gasteiger partial charge in [0, 0.05) is 24.3 Å². The molecule has 1 aromatic heterocycles. The van der Waals surface area contributed by atoms with Crippen LogP contribution in [0.1, 0.15) is 53.0 Å². The second kappa shape index (κ2) is 12.6. The van der Waals surface area contributed by atoms with Crippen molar-refractivity contribution in [3.05, 3.63) is 72.3 Å². The number of nitrogens with zero attached hydrogens (tertiary/aromatic N) is 4. The molecule has 8 heteroatoms. The van der Waals surface area contributed by atoms with Crippen LogP contribution in [0.2, 0.25) is 0 Å². The van der Waals surface area contributed by atoms with Crippen molar-refractivity contribution in [3.8, 4) is 22.5 Å². The standard InChI is InChI=1S/C31H39N7O/c1-20(2)18-38(19-21(3)4)29-16-13-24(26-9-7-8-10-27(26)30-34-36-37-35-30)17-28(29)33-31(39)32-25-14-11-23(12-15-25)22(5)6/h7-17,20-22H,18-19H2,1-6H3,(H2,32,33,39)(H,34,35,36,37). The average molecular weight is 526 g/mol. The van der Waals surface area contributed by atoms with Gasteiger partial charge >= 0.3 is 6.03 Å². The Hall–Kier alpha value is -4.20. The maximum absolute atomic E-state index is 13.2. The first-order valence-corrected chi connectivity index (χ1v) is 13.6. The molecule has 0 atom stereocenters. The molecule has 0 saturated carbocycles. The molecule has 0 aliphatic carbocycles. The predicted molar refractivity (Wildman–Crippen MR) is 160 cm³/mol. The zero-order valence-corrected chi connectivity index (χ0v) is 23.7. The highest BCUT2D eigenvalue weighted by molar-refractivity contribution is 6.02. The van der Waals surface area contributed by atoms with Gasteiger partial charge in [-0.05, 0) is 63.9 Å². The molecular formula is C31H39N7O. The van der Waals surface area contributed by atoms with Crippen LogP contribution in [0, 0.1) is 11.8 Å². The minimum Gasteiger partial charge on any atom is -0.369 e. The van der Waals surface area contributed by atoms with Crippen molar-refractivity contribution >= 4 is 23.1 Å². The minimum absolute atomic E-state index is 0.286. The molecule has 8 nitrogen and oxygen atoms in total. The first kappa shape index (κ1) is 27.8. The van der Waals surface area contributed by atoms with E-state index in [1.807, 2.05) is 54.6 Å². The lowest BCUT2D eigenvalue weighted by Crippen LogP contribution is -2.32. The SMILES string of the molecule is CC(C)CN(CC(C)C)c1ccc(-c2ccccc2-c2nn[nH]n2)cc1NC(=O)Nc1ccc(C(C)C)cc1. The van der Waals surface area contributed by atoms with E-state index >= 15 is 0 Å². The number of carbonyl (C=O) groups excluding carboxylic acids is 1. The maximum atomic E-state index is 13.2. The van der Waals surface area contributed by atoms with Crippen LogP contribution in [-0.2, 0) is 0 Å². The smallest absolute Gasteiger partial charge is 0.323 e. The summed E-state index contributed by atoms with van der Waals surface area (Å²) in [5.41, 5.74) is 6.48. The molecule has 204 valence electrons. The number of carbonyl (C=O) groups is 1. The number of tetrazole rings is 1. The molecule has 0 aliphatic heterocycles. The number of benzene rings is 3. The van der Waals surface area contributed by atoms with Gasteiger partial charge in [-0.15, -0.1) is 10.2 Å². The summed E-state index contributed by atoms with van der Waals surface area (Å²) < 4.78 is 0. The summed E-state index contributed by atoms with van der Waals surface area (Å²) in [6.45, 7) is 14.9. The van der Waals surface area contributed by atoms with Crippen molar-refractivity contribution in [2.75, 3.05) is 28.6 Å². The molecule has 0 fully saturated rings. The van der Waals surface area contributed by atoms with E-state index in [2.05, 4.69) is 89.8 Å². The first-order chi connectivity index (χ1) is 18.7. The van der Waals surface area contributed by atoms with Crippen molar-refractivity contribution in [2.45, 2.75) is 47.5 Å². The molecule has 3 N–H and O–H groups in total. The van der Waals surface area contributed by atoms with Gasteiger partial charge in [0.1, 0.15) is 0 Å². The van der Waals surface area contributed by atoms with Crippen LogP contribution in [0.25, 0.3) is 22.5 Å². The second-order valence-electron chi connectivity index (χ2n) is 11.1. The van der Waals surface area contributed by atoms with E-state index in [0.717, 1.165) is 46.8 Å². The molecule has 1 heterocycles. The first-order valence-electron chi connectivity index (χ1n) is 13.6. The Balaban J connectivity index is 1.71. The normalized spacial score (nSPS) is 11.3. The number of aromatic nitrogens is 4. The van der Waals surface area contributed by atoms with Crippen LogP contribution >= 0.6 is 0 Å². The summed E-state index contributed by atoms with van der Waals surface area (Å²) in [4.78, 5) is 15.6. The predicted octanol–water partition coefficient (Wildman–Crippen LogP) is 7.42. The third-order valence-electron chi connectivity index (χ3n) is 6.42. The fourth-order valence-electron chi connectivity index (χ4n) is 4.67. The Kier molecular flexibility index (Phi) is 8.96. The Morgan fingerprint density at radius 2 is 1.51 bits per heavy atom. The van der Waals surface area contributed by atoms with Gasteiger partial charge in [-0.1, -0.05) is 84.0 Å². The lowest BCUT2D eigenvalue weighted by molar-refractivity contribution is 0.262. The lowest BCUT2D eigenvalue weighted by Gasteiger charge is -2.31. The van der Waals surface area contributed by atoms with Crippen LogP contribution in [0.15, 0.2) is 66.7 Å². The quantitative estimate of drug-likeness (QED) is 0.200. The molecule has 0 saturated heterocycles. The third kappa shape index (κ3) is 7.22. The number of rotatable bonds is 10.